The van der Waals surface area contributed by atoms with Crippen LogP contribution < -0.4 is 5.32 Å². The van der Waals surface area contributed by atoms with Gasteiger partial charge < -0.3 is 10.4 Å². The smallest absolute Gasteiger partial charge is 0.326 e. The number of hydrogen-bond donors (Lipinski definition) is 2. The van der Waals surface area contributed by atoms with E-state index in [1.54, 1.807) is 13.8 Å². The van der Waals surface area contributed by atoms with Crippen molar-refractivity contribution in [3.8, 4) is 0 Å². The van der Waals surface area contributed by atoms with Gasteiger partial charge in [-0.1, -0.05) is 13.8 Å². The molecule has 0 spiro atoms. The number of carboxylic acid groups (broad SMARTS) is 1. The van der Waals surface area contributed by atoms with E-state index in [9.17, 15) is 9.59 Å². The van der Waals surface area contributed by atoms with Crippen LogP contribution >= 0.6 is 0 Å². The Kier molecular flexibility index (Phi) is 3.46. The highest BCUT2D eigenvalue weighted by Crippen LogP contribution is 1.99. The lowest BCUT2D eigenvalue weighted by atomic mass is 10.1. The van der Waals surface area contributed by atoms with E-state index in [4.69, 9.17) is 5.11 Å². The van der Waals surface area contributed by atoms with Crippen LogP contribution in [0.15, 0.2) is 0 Å². The van der Waals surface area contributed by atoms with Gasteiger partial charge >= 0.3 is 5.97 Å². The molecule has 0 saturated heterocycles. The van der Waals surface area contributed by atoms with Crippen molar-refractivity contribution in [2.24, 2.45) is 5.92 Å². The van der Waals surface area contributed by atoms with Crippen molar-refractivity contribution in [3.63, 3.8) is 0 Å². The van der Waals surface area contributed by atoms with Gasteiger partial charge in [0, 0.05) is 0 Å². The van der Waals surface area contributed by atoms with E-state index < -0.39 is 12.0 Å². The number of hydrogen-bond acceptors (Lipinski definition) is 2. The molecule has 0 fully saturated rings. The molecule has 0 aromatic rings. The van der Waals surface area contributed by atoms with Crippen LogP contribution in [0.5, 0.6) is 0 Å². The second kappa shape index (κ2) is 3.87. The quantitative estimate of drug-likeness (QED) is 0.540. The summed E-state index contributed by atoms with van der Waals surface area (Å²) in [6.07, 6.45) is 0.402. The highest BCUT2D eigenvalue weighted by atomic mass is 16.4. The summed E-state index contributed by atoms with van der Waals surface area (Å²) in [4.78, 5) is 20.2. The van der Waals surface area contributed by atoms with Gasteiger partial charge in [-0.05, 0) is 5.92 Å². The summed E-state index contributed by atoms with van der Waals surface area (Å²) in [7, 11) is 0. The van der Waals surface area contributed by atoms with Crippen molar-refractivity contribution in [2.45, 2.75) is 19.9 Å². The highest BCUT2D eigenvalue weighted by Gasteiger charge is 2.19. The molecular weight excluding hydrogens is 134 g/mol. The molecule has 1 amide bonds. The standard InChI is InChI=1S/C6H11NO3/c1-4(2)5(6(9)10)7-3-8/h3-5H,1-2H3,(H,7,8)(H,9,10)/t5-/m1/s1. The van der Waals surface area contributed by atoms with Gasteiger partial charge in [0.2, 0.25) is 6.41 Å². The fourth-order valence-corrected chi connectivity index (χ4v) is 0.622. The molecule has 0 radical (unpaired) electrons. The maximum atomic E-state index is 10.3. The third kappa shape index (κ3) is 2.48. The van der Waals surface area contributed by atoms with Crippen LogP contribution in [0.3, 0.4) is 0 Å². The van der Waals surface area contributed by atoms with Gasteiger partial charge in [-0.25, -0.2) is 4.79 Å². The van der Waals surface area contributed by atoms with Crippen LogP contribution in [-0.4, -0.2) is 23.5 Å². The first-order valence-corrected chi connectivity index (χ1v) is 3.02. The minimum atomic E-state index is -0.998. The molecule has 4 nitrogen and oxygen atoms in total. The summed E-state index contributed by atoms with van der Waals surface area (Å²) >= 11 is 0. The van der Waals surface area contributed by atoms with Gasteiger partial charge in [0.15, 0.2) is 0 Å². The molecule has 0 aliphatic rings. The molecule has 10 heavy (non-hydrogen) atoms. The predicted octanol–water partition coefficient (Wildman–Crippen LogP) is -0.158. The number of amides is 1. The zero-order valence-corrected chi connectivity index (χ0v) is 6.00. The normalized spacial score (nSPS) is 12.7. The molecule has 4 heteroatoms. The van der Waals surface area contributed by atoms with Gasteiger partial charge in [0.05, 0.1) is 0 Å². The number of aliphatic carboxylic acids is 1. The van der Waals surface area contributed by atoms with Gasteiger partial charge in [-0.3, -0.25) is 4.79 Å². The van der Waals surface area contributed by atoms with Gasteiger partial charge in [0.1, 0.15) is 6.04 Å². The molecule has 0 aromatic carbocycles. The zero-order chi connectivity index (χ0) is 8.15. The lowest BCUT2D eigenvalue weighted by molar-refractivity contribution is -0.141. The lowest BCUT2D eigenvalue weighted by Gasteiger charge is -2.13. The van der Waals surface area contributed by atoms with E-state index in [0.29, 0.717) is 6.41 Å². The number of rotatable bonds is 4. The molecule has 58 valence electrons. The Bertz CT molecular complexity index is 133. The molecule has 1 atom stereocenters. The maximum Gasteiger partial charge on any atom is 0.326 e. The number of nitrogens with one attached hydrogen (secondary N) is 1. The molecule has 0 unspecified atom stereocenters. The third-order valence-electron chi connectivity index (χ3n) is 1.18. The summed E-state index contributed by atoms with van der Waals surface area (Å²) < 4.78 is 0. The van der Waals surface area contributed by atoms with Crippen LogP contribution in [0.25, 0.3) is 0 Å². The minimum absolute atomic E-state index is 0.0808. The van der Waals surface area contributed by atoms with Crippen molar-refractivity contribution in [1.29, 1.82) is 0 Å². The molecule has 0 saturated carbocycles. The summed E-state index contributed by atoms with van der Waals surface area (Å²) in [6.45, 7) is 3.46. The van der Waals surface area contributed by atoms with Gasteiger partial charge in [-0.15, -0.1) is 0 Å². The SMILES string of the molecule is CC(C)[C@@H](NC=O)C(=O)O. The van der Waals surface area contributed by atoms with Crippen LogP contribution in [0.4, 0.5) is 0 Å². The van der Waals surface area contributed by atoms with Crippen molar-refractivity contribution in [2.75, 3.05) is 0 Å². The fraction of sp³-hybridized carbons (Fsp3) is 0.667. The summed E-state index contributed by atoms with van der Waals surface area (Å²) in [5.74, 6) is -1.08. The van der Waals surface area contributed by atoms with E-state index in [-0.39, 0.29) is 5.92 Å². The van der Waals surface area contributed by atoms with Crippen LogP contribution in [0.1, 0.15) is 13.8 Å². The maximum absolute atomic E-state index is 10.3. The monoisotopic (exact) mass is 145 g/mol. The topological polar surface area (TPSA) is 66.4 Å². The Morgan fingerprint density at radius 3 is 2.20 bits per heavy atom. The van der Waals surface area contributed by atoms with E-state index >= 15 is 0 Å². The predicted molar refractivity (Wildman–Crippen MR) is 35.5 cm³/mol. The summed E-state index contributed by atoms with van der Waals surface area (Å²) in [5, 5.41) is 10.7. The van der Waals surface area contributed by atoms with Crippen LogP contribution in [0, 0.1) is 5.92 Å². The second-order valence-corrected chi connectivity index (χ2v) is 2.34. The molecule has 0 bridgehead atoms. The molecule has 0 aliphatic carbocycles. The van der Waals surface area contributed by atoms with E-state index in [0.717, 1.165) is 0 Å². The molecule has 2 N–H and O–H groups in total. The summed E-state index contributed by atoms with van der Waals surface area (Å²) in [5.41, 5.74) is 0. The third-order valence-corrected chi connectivity index (χ3v) is 1.18. The number of carbonyl (C=O) groups is 2. The Labute approximate surface area is 59.2 Å². The van der Waals surface area contributed by atoms with Crippen LogP contribution in [0.2, 0.25) is 0 Å². The average molecular weight is 145 g/mol. The van der Waals surface area contributed by atoms with Crippen LogP contribution in [-0.2, 0) is 9.59 Å². The zero-order valence-electron chi connectivity index (χ0n) is 6.00. The average Bonchev–Trinajstić information content (AvgIpc) is 1.81. The van der Waals surface area contributed by atoms with Gasteiger partial charge in [-0.2, -0.15) is 0 Å². The largest absolute Gasteiger partial charge is 0.480 e. The van der Waals surface area contributed by atoms with E-state index in [2.05, 4.69) is 5.32 Å². The Balaban J connectivity index is 3.97. The highest BCUT2D eigenvalue weighted by molar-refractivity contribution is 5.76. The first kappa shape index (κ1) is 8.94. The second-order valence-electron chi connectivity index (χ2n) is 2.34. The van der Waals surface area contributed by atoms with Crippen molar-refractivity contribution in [1.82, 2.24) is 5.32 Å². The molecule has 0 heterocycles. The minimum Gasteiger partial charge on any atom is -0.480 e. The number of carbonyl (C=O) groups excluding carboxylic acids is 1. The Hall–Kier alpha value is -1.06. The van der Waals surface area contributed by atoms with Gasteiger partial charge in [0.25, 0.3) is 0 Å². The summed E-state index contributed by atoms with van der Waals surface area (Å²) in [6, 6.07) is -0.766. The first-order valence-electron chi connectivity index (χ1n) is 3.02. The Morgan fingerprint density at radius 1 is 1.60 bits per heavy atom. The van der Waals surface area contributed by atoms with E-state index in [1.807, 2.05) is 0 Å². The number of carboxylic acids is 1. The Morgan fingerprint density at radius 2 is 2.10 bits per heavy atom. The van der Waals surface area contributed by atoms with Crippen molar-refractivity contribution < 1.29 is 14.7 Å². The first-order chi connectivity index (χ1) is 4.59. The molecular formula is C6H11NO3. The lowest BCUT2D eigenvalue weighted by Crippen LogP contribution is -2.39. The fourth-order valence-electron chi connectivity index (χ4n) is 0.622. The van der Waals surface area contributed by atoms with E-state index in [1.165, 1.54) is 0 Å². The molecule has 0 aliphatic heterocycles. The molecule has 0 rings (SSSR count). The molecule has 0 aromatic heterocycles. The van der Waals surface area contributed by atoms with Crippen molar-refractivity contribution in [3.05, 3.63) is 0 Å². The van der Waals surface area contributed by atoms with Crippen molar-refractivity contribution >= 4 is 12.4 Å².